The minimum Gasteiger partial charge on any atom is -0.478 e. The van der Waals surface area contributed by atoms with Crippen LogP contribution < -0.4 is 29.6 Å². The van der Waals surface area contributed by atoms with E-state index in [1.165, 1.54) is 0 Å². The topological polar surface area (TPSA) is 50.4 Å². The minimum absolute atomic E-state index is 0. The van der Waals surface area contributed by atoms with Gasteiger partial charge in [0.05, 0.1) is 12.5 Å². The monoisotopic (exact) mass is 201 g/mol. The molecule has 1 aromatic heterocycles. The first-order valence-corrected chi connectivity index (χ1v) is 3.80. The number of hydrogen-bond donors (Lipinski definition) is 1. The zero-order chi connectivity index (χ0) is 9.68. The molecular weight excluding hydrogens is 191 g/mol. The Morgan fingerprint density at radius 2 is 2.29 bits per heavy atom. The van der Waals surface area contributed by atoms with Gasteiger partial charge in [0.25, 0.3) is 0 Å². The Kier molecular flexibility index (Phi) is 6.28. The molecule has 0 aromatic carbocycles. The van der Waals surface area contributed by atoms with Crippen molar-refractivity contribution in [2.24, 2.45) is 0 Å². The molecule has 0 bridgehead atoms. The van der Waals surface area contributed by atoms with Crippen LogP contribution in [0.2, 0.25) is 0 Å². The second-order valence-corrected chi connectivity index (χ2v) is 2.62. The van der Waals surface area contributed by atoms with Crippen molar-refractivity contribution in [3.8, 4) is 0 Å². The van der Waals surface area contributed by atoms with Crippen LogP contribution in [0.25, 0.3) is 6.08 Å². The third kappa shape index (κ3) is 5.07. The van der Waals surface area contributed by atoms with E-state index in [4.69, 9.17) is 9.52 Å². The van der Waals surface area contributed by atoms with Crippen LogP contribution in [0.5, 0.6) is 0 Å². The maximum Gasteiger partial charge on any atom is 1.00 e. The molecule has 1 heterocycles. The Labute approximate surface area is 104 Å². The van der Waals surface area contributed by atoms with Gasteiger partial charge in [-0.3, -0.25) is 0 Å². The molecular formula is C10H10NaO3+. The van der Waals surface area contributed by atoms with E-state index in [2.05, 4.69) is 0 Å². The summed E-state index contributed by atoms with van der Waals surface area (Å²) >= 11 is 0. The van der Waals surface area contributed by atoms with Crippen molar-refractivity contribution in [2.45, 2.75) is 6.92 Å². The molecule has 1 N–H and O–H groups in total. The van der Waals surface area contributed by atoms with Crippen molar-refractivity contribution in [1.29, 1.82) is 0 Å². The van der Waals surface area contributed by atoms with E-state index in [0.717, 1.165) is 11.6 Å². The number of hydrogen-bond acceptors (Lipinski definition) is 2. The standard InChI is InChI=1S/C10H10O3.Na/c1-8(6-10(11)12)2-3-9-4-5-13-7-9;/h2-7H,1H3,(H,11,12);/q;+1/b3-2+,8-6-;. The van der Waals surface area contributed by atoms with Gasteiger partial charge >= 0.3 is 35.5 Å². The predicted molar refractivity (Wildman–Crippen MR) is 49.1 cm³/mol. The fraction of sp³-hybridized carbons (Fsp3) is 0.100. The summed E-state index contributed by atoms with van der Waals surface area (Å²) in [5.41, 5.74) is 1.60. The summed E-state index contributed by atoms with van der Waals surface area (Å²) in [5, 5.41) is 8.41. The van der Waals surface area contributed by atoms with Crippen LogP contribution >= 0.6 is 0 Å². The molecule has 0 aliphatic rings. The molecule has 4 heteroatoms. The number of furan rings is 1. The Morgan fingerprint density at radius 3 is 2.79 bits per heavy atom. The molecule has 0 spiro atoms. The maximum atomic E-state index is 10.2. The SMILES string of the molecule is CC(=C/C(=O)O)/C=C/c1ccoc1.[Na+]. The van der Waals surface area contributed by atoms with Gasteiger partial charge in [0, 0.05) is 11.6 Å². The first kappa shape index (κ1) is 13.2. The first-order chi connectivity index (χ1) is 6.18. The van der Waals surface area contributed by atoms with Gasteiger partial charge in [-0.25, -0.2) is 4.79 Å². The van der Waals surface area contributed by atoms with E-state index < -0.39 is 5.97 Å². The van der Waals surface area contributed by atoms with Gasteiger partial charge in [0.2, 0.25) is 0 Å². The van der Waals surface area contributed by atoms with E-state index in [9.17, 15) is 4.79 Å². The molecule has 0 fully saturated rings. The zero-order valence-corrected chi connectivity index (χ0v) is 10.2. The zero-order valence-electron chi connectivity index (χ0n) is 8.23. The number of carboxylic acids is 1. The molecule has 1 rings (SSSR count). The number of rotatable bonds is 3. The van der Waals surface area contributed by atoms with Crippen LogP contribution in [0.3, 0.4) is 0 Å². The molecule has 3 nitrogen and oxygen atoms in total. The third-order valence-corrected chi connectivity index (χ3v) is 1.43. The predicted octanol–water partition coefficient (Wildman–Crippen LogP) is -0.672. The van der Waals surface area contributed by atoms with E-state index >= 15 is 0 Å². The summed E-state index contributed by atoms with van der Waals surface area (Å²) in [4.78, 5) is 10.2. The Bertz CT molecular complexity index is 336. The number of allylic oxidation sites excluding steroid dienone is 2. The molecule has 0 amide bonds. The Hall–Kier alpha value is -0.770. The largest absolute Gasteiger partial charge is 1.00 e. The Morgan fingerprint density at radius 1 is 1.57 bits per heavy atom. The quantitative estimate of drug-likeness (QED) is 0.401. The smallest absolute Gasteiger partial charge is 0.478 e. The van der Waals surface area contributed by atoms with Gasteiger partial charge < -0.3 is 9.52 Å². The van der Waals surface area contributed by atoms with Crippen LogP contribution in [0, 0.1) is 0 Å². The molecule has 0 saturated heterocycles. The molecule has 0 aliphatic heterocycles. The summed E-state index contributed by atoms with van der Waals surface area (Å²) in [6.07, 6.45) is 7.81. The van der Waals surface area contributed by atoms with E-state index in [1.54, 1.807) is 37.7 Å². The fourth-order valence-electron chi connectivity index (χ4n) is 0.840. The summed E-state index contributed by atoms with van der Waals surface area (Å²) in [5.74, 6) is -0.936. The van der Waals surface area contributed by atoms with Gasteiger partial charge in [0.1, 0.15) is 0 Å². The average Bonchev–Trinajstić information content (AvgIpc) is 2.51. The van der Waals surface area contributed by atoms with Crippen molar-refractivity contribution in [2.75, 3.05) is 0 Å². The van der Waals surface area contributed by atoms with Gasteiger partial charge in [-0.15, -0.1) is 0 Å². The molecule has 1 aromatic rings. The minimum atomic E-state index is -0.936. The summed E-state index contributed by atoms with van der Waals surface area (Å²) in [6.45, 7) is 1.73. The van der Waals surface area contributed by atoms with Crippen LogP contribution in [0.15, 0.2) is 40.7 Å². The maximum absolute atomic E-state index is 10.2. The van der Waals surface area contributed by atoms with Crippen molar-refractivity contribution in [1.82, 2.24) is 0 Å². The van der Waals surface area contributed by atoms with Crippen molar-refractivity contribution in [3.05, 3.63) is 41.9 Å². The molecule has 68 valence electrons. The molecule has 0 aliphatic carbocycles. The molecule has 14 heavy (non-hydrogen) atoms. The second-order valence-electron chi connectivity index (χ2n) is 2.62. The van der Waals surface area contributed by atoms with Crippen LogP contribution in [-0.2, 0) is 4.79 Å². The average molecular weight is 201 g/mol. The summed E-state index contributed by atoms with van der Waals surface area (Å²) in [7, 11) is 0. The third-order valence-electron chi connectivity index (χ3n) is 1.43. The number of carboxylic acid groups (broad SMARTS) is 1. The van der Waals surface area contributed by atoms with Gasteiger partial charge in [0.15, 0.2) is 0 Å². The van der Waals surface area contributed by atoms with E-state index in [0.29, 0.717) is 5.57 Å². The van der Waals surface area contributed by atoms with Crippen LogP contribution in [-0.4, -0.2) is 11.1 Å². The molecule has 0 unspecified atom stereocenters. The first-order valence-electron chi connectivity index (χ1n) is 3.80. The number of carbonyl (C=O) groups is 1. The van der Waals surface area contributed by atoms with Gasteiger partial charge in [-0.1, -0.05) is 12.2 Å². The second kappa shape index (κ2) is 6.65. The van der Waals surface area contributed by atoms with Crippen molar-refractivity contribution in [3.63, 3.8) is 0 Å². The summed E-state index contributed by atoms with van der Waals surface area (Å²) in [6, 6.07) is 1.80. The number of aliphatic carboxylic acids is 1. The van der Waals surface area contributed by atoms with Crippen molar-refractivity contribution >= 4 is 12.0 Å². The van der Waals surface area contributed by atoms with Gasteiger partial charge in [-0.2, -0.15) is 0 Å². The molecule has 0 atom stereocenters. The molecule has 0 radical (unpaired) electrons. The van der Waals surface area contributed by atoms with Crippen LogP contribution in [0.1, 0.15) is 12.5 Å². The van der Waals surface area contributed by atoms with E-state index in [1.807, 2.05) is 0 Å². The van der Waals surface area contributed by atoms with Crippen molar-refractivity contribution < 1.29 is 43.9 Å². The summed E-state index contributed by atoms with van der Waals surface area (Å²) < 4.78 is 4.84. The normalized spacial score (nSPS) is 11.4. The Balaban J connectivity index is 0.00000169. The molecule has 0 saturated carbocycles. The fourth-order valence-corrected chi connectivity index (χ4v) is 0.840. The van der Waals surface area contributed by atoms with E-state index in [-0.39, 0.29) is 29.6 Å². The van der Waals surface area contributed by atoms with Crippen LogP contribution in [0.4, 0.5) is 0 Å². The van der Waals surface area contributed by atoms with Gasteiger partial charge in [-0.05, 0) is 18.6 Å².